The number of hydrogen-bond donors (Lipinski definition) is 2. The highest BCUT2D eigenvalue weighted by atomic mass is 19.1. The second-order valence-electron chi connectivity index (χ2n) is 6.16. The predicted molar refractivity (Wildman–Crippen MR) is 100 cm³/mol. The number of amides is 1. The molecule has 5 nitrogen and oxygen atoms in total. The summed E-state index contributed by atoms with van der Waals surface area (Å²) in [5.41, 5.74) is 2.78. The van der Waals surface area contributed by atoms with Gasteiger partial charge in [0.1, 0.15) is 5.82 Å². The topological polar surface area (TPSA) is 66.9 Å². The first-order valence-electron chi connectivity index (χ1n) is 8.27. The highest BCUT2D eigenvalue weighted by molar-refractivity contribution is 6.03. The van der Waals surface area contributed by atoms with Gasteiger partial charge in [0.05, 0.1) is 5.56 Å². The lowest BCUT2D eigenvalue weighted by atomic mass is 10.0. The SMILES string of the molecule is CC(C)c1ccc(Nc2ncc(C(=O)Nc3cccc(F)c3)cn2)cc1. The summed E-state index contributed by atoms with van der Waals surface area (Å²) in [5.74, 6) is 0.0475. The van der Waals surface area contributed by atoms with Crippen LogP contribution in [0.2, 0.25) is 0 Å². The van der Waals surface area contributed by atoms with E-state index in [1.54, 1.807) is 6.07 Å². The Morgan fingerprint density at radius 2 is 1.69 bits per heavy atom. The van der Waals surface area contributed by atoms with Crippen LogP contribution in [0, 0.1) is 5.82 Å². The molecule has 0 aliphatic heterocycles. The number of carbonyl (C=O) groups excluding carboxylic acids is 1. The molecule has 0 bridgehead atoms. The summed E-state index contributed by atoms with van der Waals surface area (Å²) in [5, 5.41) is 5.70. The molecule has 0 spiro atoms. The Kier molecular flexibility index (Phi) is 5.22. The van der Waals surface area contributed by atoms with E-state index in [0.29, 0.717) is 17.6 Å². The van der Waals surface area contributed by atoms with E-state index < -0.39 is 11.7 Å². The first-order valence-corrected chi connectivity index (χ1v) is 8.27. The number of aromatic nitrogens is 2. The van der Waals surface area contributed by atoms with Crippen molar-refractivity contribution in [3.63, 3.8) is 0 Å². The molecule has 1 amide bonds. The zero-order chi connectivity index (χ0) is 18.5. The number of carbonyl (C=O) groups is 1. The third-order valence-corrected chi connectivity index (χ3v) is 3.83. The number of hydrogen-bond acceptors (Lipinski definition) is 4. The third kappa shape index (κ3) is 4.42. The van der Waals surface area contributed by atoms with Crippen molar-refractivity contribution in [3.8, 4) is 0 Å². The molecule has 0 aliphatic carbocycles. The molecule has 0 fully saturated rings. The zero-order valence-electron chi connectivity index (χ0n) is 14.5. The van der Waals surface area contributed by atoms with Gasteiger partial charge in [0.2, 0.25) is 5.95 Å². The Morgan fingerprint density at radius 1 is 1.00 bits per heavy atom. The van der Waals surface area contributed by atoms with Crippen LogP contribution in [0.25, 0.3) is 0 Å². The van der Waals surface area contributed by atoms with Gasteiger partial charge in [-0.2, -0.15) is 0 Å². The molecular formula is C20H19FN4O. The van der Waals surface area contributed by atoms with Crippen molar-refractivity contribution in [2.24, 2.45) is 0 Å². The highest BCUT2D eigenvalue weighted by Crippen LogP contribution is 2.19. The van der Waals surface area contributed by atoms with Gasteiger partial charge < -0.3 is 10.6 Å². The number of benzene rings is 2. The largest absolute Gasteiger partial charge is 0.324 e. The fourth-order valence-electron chi connectivity index (χ4n) is 2.36. The number of rotatable bonds is 5. The minimum Gasteiger partial charge on any atom is -0.324 e. The second kappa shape index (κ2) is 7.74. The molecule has 1 aromatic heterocycles. The second-order valence-corrected chi connectivity index (χ2v) is 6.16. The summed E-state index contributed by atoms with van der Waals surface area (Å²) in [6, 6.07) is 13.7. The predicted octanol–water partition coefficient (Wildman–Crippen LogP) is 4.74. The average Bonchev–Trinajstić information content (AvgIpc) is 2.63. The number of halogens is 1. The van der Waals surface area contributed by atoms with E-state index in [2.05, 4.69) is 34.4 Å². The average molecular weight is 350 g/mol. The Bertz CT molecular complexity index is 892. The Morgan fingerprint density at radius 3 is 2.31 bits per heavy atom. The van der Waals surface area contributed by atoms with E-state index in [1.165, 1.54) is 36.2 Å². The van der Waals surface area contributed by atoms with Crippen molar-refractivity contribution in [3.05, 3.63) is 77.9 Å². The Balaban J connectivity index is 1.65. The Hall–Kier alpha value is -3.28. The van der Waals surface area contributed by atoms with Gasteiger partial charge in [0, 0.05) is 23.8 Å². The summed E-state index contributed by atoms with van der Waals surface area (Å²) < 4.78 is 13.2. The summed E-state index contributed by atoms with van der Waals surface area (Å²) in [7, 11) is 0. The number of nitrogens with zero attached hydrogens (tertiary/aromatic N) is 2. The molecule has 2 aromatic carbocycles. The molecule has 0 radical (unpaired) electrons. The lowest BCUT2D eigenvalue weighted by Crippen LogP contribution is -2.13. The molecule has 132 valence electrons. The van der Waals surface area contributed by atoms with Crippen LogP contribution >= 0.6 is 0 Å². The molecule has 26 heavy (non-hydrogen) atoms. The van der Waals surface area contributed by atoms with Crippen LogP contribution in [0.3, 0.4) is 0 Å². The third-order valence-electron chi connectivity index (χ3n) is 3.83. The molecule has 0 saturated heterocycles. The standard InChI is InChI=1S/C20H19FN4O/c1-13(2)14-6-8-17(9-7-14)25-20-22-11-15(12-23-20)19(26)24-18-5-3-4-16(21)10-18/h3-13H,1-2H3,(H,24,26)(H,22,23,25). The van der Waals surface area contributed by atoms with Crippen LogP contribution in [-0.2, 0) is 0 Å². The number of anilines is 3. The van der Waals surface area contributed by atoms with E-state index in [-0.39, 0.29) is 5.56 Å². The maximum atomic E-state index is 13.2. The van der Waals surface area contributed by atoms with E-state index in [4.69, 9.17) is 0 Å². The highest BCUT2D eigenvalue weighted by Gasteiger charge is 2.08. The van der Waals surface area contributed by atoms with Crippen molar-refractivity contribution in [2.45, 2.75) is 19.8 Å². The normalized spacial score (nSPS) is 10.6. The summed E-state index contributed by atoms with van der Waals surface area (Å²) in [6.07, 6.45) is 2.85. The first kappa shape index (κ1) is 17.5. The van der Waals surface area contributed by atoms with Gasteiger partial charge in [-0.05, 0) is 41.8 Å². The van der Waals surface area contributed by atoms with Crippen LogP contribution in [0.15, 0.2) is 60.9 Å². The van der Waals surface area contributed by atoms with Crippen molar-refractivity contribution >= 4 is 23.2 Å². The fourth-order valence-corrected chi connectivity index (χ4v) is 2.36. The quantitative estimate of drug-likeness (QED) is 0.698. The maximum absolute atomic E-state index is 13.2. The van der Waals surface area contributed by atoms with Gasteiger partial charge in [-0.3, -0.25) is 4.79 Å². The van der Waals surface area contributed by atoms with E-state index in [0.717, 1.165) is 5.69 Å². The van der Waals surface area contributed by atoms with Crippen LogP contribution in [0.4, 0.5) is 21.7 Å². The van der Waals surface area contributed by atoms with Crippen molar-refractivity contribution < 1.29 is 9.18 Å². The van der Waals surface area contributed by atoms with Gasteiger partial charge in [0.15, 0.2) is 0 Å². The Labute approximate surface area is 151 Å². The van der Waals surface area contributed by atoms with Crippen molar-refractivity contribution in [2.75, 3.05) is 10.6 Å². The molecule has 0 aliphatic rings. The summed E-state index contributed by atoms with van der Waals surface area (Å²) in [6.45, 7) is 4.28. The molecular weight excluding hydrogens is 331 g/mol. The molecule has 0 unspecified atom stereocenters. The molecule has 2 N–H and O–H groups in total. The van der Waals surface area contributed by atoms with Gasteiger partial charge in [-0.1, -0.05) is 32.0 Å². The number of nitrogens with one attached hydrogen (secondary N) is 2. The minimum absolute atomic E-state index is 0.287. The minimum atomic E-state index is -0.415. The molecule has 0 saturated carbocycles. The monoisotopic (exact) mass is 350 g/mol. The van der Waals surface area contributed by atoms with Gasteiger partial charge in [-0.25, -0.2) is 14.4 Å². The van der Waals surface area contributed by atoms with E-state index in [9.17, 15) is 9.18 Å². The van der Waals surface area contributed by atoms with Gasteiger partial charge in [0.25, 0.3) is 5.91 Å². The summed E-state index contributed by atoms with van der Waals surface area (Å²) >= 11 is 0. The molecule has 3 aromatic rings. The lowest BCUT2D eigenvalue weighted by Gasteiger charge is -2.09. The van der Waals surface area contributed by atoms with Gasteiger partial charge >= 0.3 is 0 Å². The van der Waals surface area contributed by atoms with Crippen LogP contribution in [-0.4, -0.2) is 15.9 Å². The zero-order valence-corrected chi connectivity index (χ0v) is 14.5. The van der Waals surface area contributed by atoms with E-state index in [1.807, 2.05) is 24.3 Å². The maximum Gasteiger partial charge on any atom is 0.258 e. The van der Waals surface area contributed by atoms with Crippen molar-refractivity contribution in [1.82, 2.24) is 9.97 Å². The molecule has 3 rings (SSSR count). The lowest BCUT2D eigenvalue weighted by molar-refractivity contribution is 0.102. The fraction of sp³-hybridized carbons (Fsp3) is 0.150. The van der Waals surface area contributed by atoms with Gasteiger partial charge in [-0.15, -0.1) is 0 Å². The summed E-state index contributed by atoms with van der Waals surface area (Å²) in [4.78, 5) is 20.5. The van der Waals surface area contributed by atoms with E-state index >= 15 is 0 Å². The van der Waals surface area contributed by atoms with Crippen LogP contribution in [0.1, 0.15) is 35.7 Å². The van der Waals surface area contributed by atoms with Crippen LogP contribution < -0.4 is 10.6 Å². The smallest absolute Gasteiger partial charge is 0.258 e. The molecule has 0 atom stereocenters. The first-order chi connectivity index (χ1) is 12.5. The molecule has 6 heteroatoms. The molecule has 1 heterocycles. The van der Waals surface area contributed by atoms with Crippen molar-refractivity contribution in [1.29, 1.82) is 0 Å². The van der Waals surface area contributed by atoms with Crippen LogP contribution in [0.5, 0.6) is 0 Å².